The number of nitrogens with zero attached hydrogens (tertiary/aromatic N) is 3. The average Bonchev–Trinajstić information content (AvgIpc) is 0.672. The standard InChI is InChI=1S/C87H50N3O2P3/c91-50-51-16-38-67(39-17-51)92-95(77-49-37-66-27-22-56-10-5-15-61-32-44-72(77)87(66)82(56)61)89-93(73-45-33-62-23-18-52-6-1-11-57-28-40-68(73)83(62)78(52)57,74-46-34-63-24-19-53-7-2-12-58-29-41-69(74)84(63)79(53)58)88-94(90-95,75-47-35-64-25-20-54-8-3-13-59-30-42-70(75)85(64)80(54)59)76-48-36-65-26-21-55-9-4-14-60-31-43-71(76)86(65)81(55)60/h1-50H. The predicted molar refractivity (Wildman–Crippen MR) is 409 cm³/mol. The van der Waals surface area contributed by atoms with Gasteiger partial charge in [-0.1, -0.05) is 243 Å². The summed E-state index contributed by atoms with van der Waals surface area (Å²) in [5.74, 6) is 0.566. The van der Waals surface area contributed by atoms with Crippen LogP contribution in [-0.4, -0.2) is 6.29 Å². The fourth-order valence-corrected chi connectivity index (χ4v) is 32.0. The van der Waals surface area contributed by atoms with Crippen LogP contribution in [0.3, 0.4) is 0 Å². The Morgan fingerprint density at radius 3 is 0.737 bits per heavy atom. The minimum atomic E-state index is -4.07. The Morgan fingerprint density at radius 1 is 0.221 bits per heavy atom. The second-order valence-corrected chi connectivity index (χ2v) is 34.2. The highest BCUT2D eigenvalue weighted by Gasteiger charge is 2.47. The van der Waals surface area contributed by atoms with E-state index in [0.717, 1.165) is 103 Å². The second-order valence-electron chi connectivity index (χ2n) is 26.0. The van der Waals surface area contributed by atoms with Gasteiger partial charge in [0.15, 0.2) is 0 Å². The lowest BCUT2D eigenvalue weighted by atomic mass is 9.94. The third-order valence-electron chi connectivity index (χ3n) is 21.2. The topological polar surface area (TPSA) is 63.4 Å². The van der Waals surface area contributed by atoms with Crippen molar-refractivity contribution in [2.45, 2.75) is 0 Å². The van der Waals surface area contributed by atoms with Crippen molar-refractivity contribution in [2.75, 3.05) is 0 Å². The lowest BCUT2D eigenvalue weighted by Gasteiger charge is -2.39. The molecule has 0 N–H and O–H groups in total. The number of hydrogen-bond acceptors (Lipinski definition) is 5. The molecule has 21 aromatic rings. The van der Waals surface area contributed by atoms with Crippen LogP contribution in [0.15, 0.2) is 311 Å². The molecule has 0 radical (unpaired) electrons. The quantitative estimate of drug-likeness (QED) is 0.0864. The summed E-state index contributed by atoms with van der Waals surface area (Å²) >= 11 is 0. The molecule has 0 saturated heterocycles. The van der Waals surface area contributed by atoms with Crippen LogP contribution in [0.4, 0.5) is 0 Å². The molecule has 95 heavy (non-hydrogen) atoms. The van der Waals surface area contributed by atoms with E-state index in [-0.39, 0.29) is 0 Å². The van der Waals surface area contributed by atoms with Gasteiger partial charge in [0.1, 0.15) is 26.4 Å². The molecule has 0 saturated carbocycles. The van der Waals surface area contributed by atoms with Crippen LogP contribution in [0.5, 0.6) is 5.75 Å². The summed E-state index contributed by atoms with van der Waals surface area (Å²) in [6.07, 6.45) is 0.903. The zero-order chi connectivity index (χ0) is 62.0. The van der Waals surface area contributed by atoms with Crippen LogP contribution >= 0.6 is 21.8 Å². The largest absolute Gasteiger partial charge is 0.438 e. The highest BCUT2D eigenvalue weighted by atomic mass is 31.3. The molecule has 0 amide bonds. The maximum absolute atomic E-state index is 12.8. The van der Waals surface area contributed by atoms with E-state index >= 15 is 0 Å². The molecule has 0 bridgehead atoms. The van der Waals surface area contributed by atoms with Crippen LogP contribution in [0.2, 0.25) is 0 Å². The molecule has 1 aliphatic heterocycles. The summed E-state index contributed by atoms with van der Waals surface area (Å²) in [6, 6.07) is 111. The summed E-state index contributed by atoms with van der Waals surface area (Å²) in [4.78, 5) is 12.8. The summed E-state index contributed by atoms with van der Waals surface area (Å²) in [6.45, 7) is 0. The van der Waals surface area contributed by atoms with Crippen LogP contribution in [0.25, 0.3) is 162 Å². The van der Waals surface area contributed by atoms with Crippen molar-refractivity contribution >= 4 is 216 Å². The molecule has 0 fully saturated rings. The van der Waals surface area contributed by atoms with Gasteiger partial charge in [-0.15, -0.1) is 0 Å². The van der Waals surface area contributed by atoms with E-state index in [9.17, 15) is 4.79 Å². The monoisotopic (exact) mass is 1260 g/mol. The summed E-state index contributed by atoms with van der Waals surface area (Å²) < 4.78 is 29.8. The number of carbonyl (C=O) groups is 1. The third kappa shape index (κ3) is 6.99. The van der Waals surface area contributed by atoms with Crippen LogP contribution < -0.4 is 31.0 Å². The molecule has 21 aromatic carbocycles. The van der Waals surface area contributed by atoms with E-state index in [2.05, 4.69) is 273 Å². The fourth-order valence-electron chi connectivity index (χ4n) is 17.1. The molecule has 5 nitrogen and oxygen atoms in total. The number of rotatable bonds is 8. The minimum absolute atomic E-state index is 0.549. The molecular formula is C87H50N3O2P3. The number of benzene rings is 21. The van der Waals surface area contributed by atoms with E-state index < -0.39 is 21.8 Å². The molecule has 0 spiro atoms. The maximum Gasteiger partial charge on any atom is 0.284 e. The van der Waals surface area contributed by atoms with Gasteiger partial charge in [0.2, 0.25) is 0 Å². The first kappa shape index (κ1) is 52.5. The molecule has 1 aliphatic rings. The molecule has 1 unspecified atom stereocenters. The molecular weight excluding hydrogens is 1210 g/mol. The van der Waals surface area contributed by atoms with Crippen LogP contribution in [0, 0.1) is 0 Å². The number of carbonyl (C=O) groups excluding carboxylic acids is 1. The van der Waals surface area contributed by atoms with Gasteiger partial charge in [-0.25, -0.2) is 4.52 Å². The van der Waals surface area contributed by atoms with Gasteiger partial charge in [0.25, 0.3) is 7.43 Å². The van der Waals surface area contributed by atoms with Crippen molar-refractivity contribution in [1.29, 1.82) is 0 Å². The zero-order valence-electron chi connectivity index (χ0n) is 50.9. The molecule has 1 atom stereocenters. The van der Waals surface area contributed by atoms with Crippen molar-refractivity contribution in [3.05, 3.63) is 303 Å². The van der Waals surface area contributed by atoms with Crippen molar-refractivity contribution < 1.29 is 9.32 Å². The Labute approximate surface area is 544 Å². The minimum Gasteiger partial charge on any atom is -0.438 e. The smallest absolute Gasteiger partial charge is 0.284 e. The van der Waals surface area contributed by atoms with E-state index in [0.29, 0.717) is 11.3 Å². The van der Waals surface area contributed by atoms with Gasteiger partial charge in [0.05, 0.1) is 5.30 Å². The average molecular weight is 1260 g/mol. The Morgan fingerprint density at radius 2 is 0.453 bits per heavy atom. The Hall–Kier alpha value is -11.0. The SMILES string of the molecule is O=Cc1ccc(OP2(c3ccc4ccc5cccc6ccc3c4c56)=NP(c3ccc4ccc5cccc6ccc3c4c56)(c3ccc4ccc5cccc6ccc3c4c56)=NP(c3ccc4ccc5cccc6ccc3c4c56)(c3ccc4ccc5cccc6ccc3c4c56)=N2)cc1. The predicted octanol–water partition coefficient (Wildman–Crippen LogP) is 23.3. The second kappa shape index (κ2) is 18.9. The van der Waals surface area contributed by atoms with E-state index in [1.54, 1.807) is 0 Å². The van der Waals surface area contributed by atoms with E-state index in [1.165, 1.54) is 91.6 Å². The molecule has 440 valence electrons. The number of aldehydes is 1. The summed E-state index contributed by atoms with van der Waals surface area (Å²) in [7, 11) is -11.8. The van der Waals surface area contributed by atoms with Crippen LogP contribution in [0.1, 0.15) is 10.4 Å². The van der Waals surface area contributed by atoms with Gasteiger partial charge in [-0.05, 0) is 216 Å². The molecule has 22 rings (SSSR count). The first-order chi connectivity index (χ1) is 46.9. The Balaban J connectivity index is 1.05. The lowest BCUT2D eigenvalue weighted by Crippen LogP contribution is -2.25. The molecule has 1 heterocycles. The van der Waals surface area contributed by atoms with Gasteiger partial charge in [-0.2, -0.15) is 9.03 Å². The highest BCUT2D eigenvalue weighted by Crippen LogP contribution is 2.78. The Bertz CT molecular complexity index is 6450. The fraction of sp³-hybridized carbons (Fsp3) is 0. The van der Waals surface area contributed by atoms with Gasteiger partial charge < -0.3 is 4.52 Å². The van der Waals surface area contributed by atoms with Crippen molar-refractivity contribution in [3.63, 3.8) is 0 Å². The van der Waals surface area contributed by atoms with Gasteiger partial charge >= 0.3 is 0 Å². The summed E-state index contributed by atoms with van der Waals surface area (Å²) in [5.41, 5.74) is 0.549. The lowest BCUT2D eigenvalue weighted by molar-refractivity contribution is 0.112. The normalized spacial score (nSPS) is 15.9. The van der Waals surface area contributed by atoms with Crippen molar-refractivity contribution in [2.24, 2.45) is 13.5 Å². The molecule has 0 aliphatic carbocycles. The van der Waals surface area contributed by atoms with E-state index in [4.69, 9.17) is 18.1 Å². The van der Waals surface area contributed by atoms with Crippen LogP contribution in [-0.2, 0) is 0 Å². The number of hydrogen-bond donors (Lipinski definition) is 0. The van der Waals surface area contributed by atoms with Crippen molar-refractivity contribution in [3.8, 4) is 5.75 Å². The molecule has 8 heteroatoms. The van der Waals surface area contributed by atoms with E-state index in [1.807, 2.05) is 24.3 Å². The summed E-state index contributed by atoms with van der Waals surface area (Å²) in [5, 5.41) is 40.1. The Kier molecular flexibility index (Phi) is 10.4. The maximum atomic E-state index is 12.8. The first-order valence-electron chi connectivity index (χ1n) is 32.4. The van der Waals surface area contributed by atoms with Gasteiger partial charge in [0, 0.05) is 26.8 Å². The van der Waals surface area contributed by atoms with Crippen molar-refractivity contribution in [1.82, 2.24) is 0 Å². The first-order valence-corrected chi connectivity index (χ1v) is 37.4. The third-order valence-corrected chi connectivity index (χ3v) is 33.0. The zero-order valence-corrected chi connectivity index (χ0v) is 53.6. The highest BCUT2D eigenvalue weighted by molar-refractivity contribution is 7.98. The van der Waals surface area contributed by atoms with Gasteiger partial charge in [-0.3, -0.25) is 4.79 Å². The molecule has 0 aromatic heterocycles.